The summed E-state index contributed by atoms with van der Waals surface area (Å²) in [6.45, 7) is 4.89. The quantitative estimate of drug-likeness (QED) is 0.599. The average Bonchev–Trinajstić information content (AvgIpc) is 3.22. The second-order valence-corrected chi connectivity index (χ2v) is 11.1. The number of rotatable bonds is 4. The van der Waals surface area contributed by atoms with Crippen molar-refractivity contribution in [3.8, 4) is 17.3 Å². The van der Waals surface area contributed by atoms with Crippen LogP contribution in [0.2, 0.25) is 0 Å². The molecule has 1 amide bonds. The molecule has 7 rings (SSSR count). The molecule has 9 nitrogen and oxygen atoms in total. The van der Waals surface area contributed by atoms with Crippen LogP contribution in [0.5, 0.6) is 0 Å². The van der Waals surface area contributed by atoms with Crippen molar-refractivity contribution in [3.63, 3.8) is 0 Å². The van der Waals surface area contributed by atoms with Crippen LogP contribution in [0.1, 0.15) is 38.6 Å². The predicted molar refractivity (Wildman–Crippen MR) is 125 cm³/mol. The van der Waals surface area contributed by atoms with E-state index in [2.05, 4.69) is 39.1 Å². The van der Waals surface area contributed by atoms with Gasteiger partial charge in [0.15, 0.2) is 5.82 Å². The van der Waals surface area contributed by atoms with Crippen LogP contribution in [-0.4, -0.2) is 61.9 Å². The number of carbonyl (C=O) groups is 1. The SMILES string of the molecule is C[C@@H]1CN(c2nc(-c3cnn(C4CC5(C4)CN(C)C5)c3)cn3nccc23)C(=O)[C@]1(C#N)C1CC1. The van der Waals surface area contributed by atoms with Crippen molar-refractivity contribution < 1.29 is 4.79 Å². The molecule has 9 heteroatoms. The first-order valence-corrected chi connectivity index (χ1v) is 12.2. The van der Waals surface area contributed by atoms with Crippen molar-refractivity contribution in [2.75, 3.05) is 31.6 Å². The normalized spacial score (nSPS) is 28.9. The second kappa shape index (κ2) is 6.66. The van der Waals surface area contributed by atoms with E-state index < -0.39 is 5.41 Å². The maximum absolute atomic E-state index is 13.6. The molecule has 0 bridgehead atoms. The van der Waals surface area contributed by atoms with Crippen molar-refractivity contribution in [2.45, 2.75) is 38.6 Å². The molecule has 2 saturated carbocycles. The molecule has 0 unspecified atom stereocenters. The largest absolute Gasteiger partial charge is 0.305 e. The van der Waals surface area contributed by atoms with Crippen molar-refractivity contribution in [3.05, 3.63) is 30.9 Å². The highest BCUT2D eigenvalue weighted by Crippen LogP contribution is 2.55. The molecular formula is C25H28N8O. The zero-order chi connectivity index (χ0) is 23.2. The van der Waals surface area contributed by atoms with E-state index >= 15 is 0 Å². The van der Waals surface area contributed by atoms with Crippen molar-refractivity contribution in [1.82, 2.24) is 29.3 Å². The summed E-state index contributed by atoms with van der Waals surface area (Å²) >= 11 is 0. The highest BCUT2D eigenvalue weighted by atomic mass is 16.2. The fraction of sp³-hybridized carbons (Fsp3) is 0.560. The van der Waals surface area contributed by atoms with Crippen molar-refractivity contribution in [2.24, 2.45) is 22.7 Å². The van der Waals surface area contributed by atoms with E-state index in [0.29, 0.717) is 23.8 Å². The Hall–Kier alpha value is -3.25. The molecule has 4 aliphatic rings. The predicted octanol–water partition coefficient (Wildman–Crippen LogP) is 2.76. The van der Waals surface area contributed by atoms with E-state index in [-0.39, 0.29) is 17.7 Å². The first-order valence-electron chi connectivity index (χ1n) is 12.2. The molecule has 0 N–H and O–H groups in total. The first-order chi connectivity index (χ1) is 16.4. The number of hydrogen-bond donors (Lipinski definition) is 0. The van der Waals surface area contributed by atoms with Crippen LogP contribution in [0, 0.1) is 34.0 Å². The number of anilines is 1. The van der Waals surface area contributed by atoms with Gasteiger partial charge in [-0.2, -0.15) is 15.5 Å². The third-order valence-electron chi connectivity index (χ3n) is 8.68. The summed E-state index contributed by atoms with van der Waals surface area (Å²) in [6.07, 6.45) is 11.8. The van der Waals surface area contributed by atoms with Crippen LogP contribution in [0.25, 0.3) is 16.8 Å². The molecule has 2 saturated heterocycles. The lowest BCUT2D eigenvalue weighted by Crippen LogP contribution is -2.60. The van der Waals surface area contributed by atoms with E-state index in [1.807, 2.05) is 25.4 Å². The zero-order valence-corrected chi connectivity index (χ0v) is 19.6. The number of amides is 1. The maximum Gasteiger partial charge on any atom is 0.249 e. The van der Waals surface area contributed by atoms with Crippen LogP contribution >= 0.6 is 0 Å². The van der Waals surface area contributed by atoms with Gasteiger partial charge in [-0.05, 0) is 50.1 Å². The molecule has 0 aromatic carbocycles. The van der Waals surface area contributed by atoms with Crippen LogP contribution in [0.15, 0.2) is 30.9 Å². The molecule has 3 aromatic rings. The topological polar surface area (TPSA) is 95.3 Å². The summed E-state index contributed by atoms with van der Waals surface area (Å²) in [6, 6.07) is 4.73. The molecule has 0 radical (unpaired) electrons. The van der Waals surface area contributed by atoms with Crippen molar-refractivity contribution >= 4 is 17.2 Å². The zero-order valence-electron chi connectivity index (χ0n) is 19.6. The van der Waals surface area contributed by atoms with Crippen LogP contribution in [0.3, 0.4) is 0 Å². The number of hydrogen-bond acceptors (Lipinski definition) is 6. The van der Waals surface area contributed by atoms with Gasteiger partial charge >= 0.3 is 0 Å². The molecule has 2 aliphatic heterocycles. The Labute approximate surface area is 198 Å². The van der Waals surface area contributed by atoms with E-state index in [0.717, 1.165) is 29.6 Å². The van der Waals surface area contributed by atoms with Gasteiger partial charge in [-0.15, -0.1) is 0 Å². The van der Waals surface area contributed by atoms with Crippen molar-refractivity contribution in [1.29, 1.82) is 5.26 Å². The minimum atomic E-state index is -0.935. The van der Waals surface area contributed by atoms with Crippen LogP contribution < -0.4 is 4.90 Å². The smallest absolute Gasteiger partial charge is 0.249 e. The summed E-state index contributed by atoms with van der Waals surface area (Å²) in [5.41, 5.74) is 1.98. The Balaban J connectivity index is 1.22. The third-order valence-corrected chi connectivity index (χ3v) is 8.68. The van der Waals surface area contributed by atoms with Gasteiger partial charge in [-0.25, -0.2) is 9.50 Å². The molecule has 5 heterocycles. The second-order valence-electron chi connectivity index (χ2n) is 11.1. The first kappa shape index (κ1) is 20.2. The molecule has 34 heavy (non-hydrogen) atoms. The minimum Gasteiger partial charge on any atom is -0.305 e. The van der Waals surface area contributed by atoms with Gasteiger partial charge in [0.1, 0.15) is 10.9 Å². The minimum absolute atomic E-state index is 0.0369. The van der Waals surface area contributed by atoms with Gasteiger partial charge in [0, 0.05) is 37.3 Å². The summed E-state index contributed by atoms with van der Waals surface area (Å²) in [5, 5.41) is 19.1. The molecule has 174 valence electrons. The molecule has 4 fully saturated rings. The Morgan fingerprint density at radius 1 is 1.18 bits per heavy atom. The van der Waals surface area contributed by atoms with Gasteiger partial charge < -0.3 is 4.90 Å². The fourth-order valence-electron chi connectivity index (χ4n) is 6.88. The van der Waals surface area contributed by atoms with Gasteiger partial charge in [0.25, 0.3) is 0 Å². The molecule has 3 aromatic heterocycles. The molecule has 2 aliphatic carbocycles. The van der Waals surface area contributed by atoms with E-state index in [4.69, 9.17) is 4.98 Å². The van der Waals surface area contributed by atoms with Crippen LogP contribution in [0.4, 0.5) is 5.82 Å². The molecular weight excluding hydrogens is 428 g/mol. The van der Waals surface area contributed by atoms with Gasteiger partial charge in [-0.3, -0.25) is 14.4 Å². The van der Waals surface area contributed by atoms with Crippen LogP contribution in [-0.2, 0) is 4.79 Å². The lowest BCUT2D eigenvalue weighted by Gasteiger charge is -2.58. The third kappa shape index (κ3) is 2.63. The van der Waals surface area contributed by atoms with E-state index in [1.165, 1.54) is 25.9 Å². The number of fused-ring (bicyclic) bond motifs is 1. The fourth-order valence-corrected chi connectivity index (χ4v) is 6.88. The molecule has 1 spiro atoms. The summed E-state index contributed by atoms with van der Waals surface area (Å²) < 4.78 is 3.85. The van der Waals surface area contributed by atoms with E-state index in [9.17, 15) is 10.1 Å². The number of carbonyl (C=O) groups excluding carboxylic acids is 1. The van der Waals surface area contributed by atoms with Gasteiger partial charge in [0.2, 0.25) is 5.91 Å². The lowest BCUT2D eigenvalue weighted by molar-refractivity contribution is -0.124. The Kier molecular flexibility index (Phi) is 3.95. The molecule has 2 atom stereocenters. The number of likely N-dealkylation sites (tertiary alicyclic amines) is 1. The van der Waals surface area contributed by atoms with Gasteiger partial charge in [-0.1, -0.05) is 6.92 Å². The number of nitrogens with zero attached hydrogens (tertiary/aromatic N) is 8. The monoisotopic (exact) mass is 456 g/mol. The van der Waals surface area contributed by atoms with E-state index in [1.54, 1.807) is 15.6 Å². The number of aromatic nitrogens is 5. The summed E-state index contributed by atoms with van der Waals surface area (Å²) in [5.74, 6) is 0.592. The number of nitriles is 1. The Bertz CT molecular complexity index is 1350. The average molecular weight is 457 g/mol. The highest BCUT2D eigenvalue weighted by Gasteiger charge is 2.61. The maximum atomic E-state index is 13.6. The van der Waals surface area contributed by atoms with Gasteiger partial charge in [0.05, 0.1) is 36.4 Å². The summed E-state index contributed by atoms with van der Waals surface area (Å²) in [4.78, 5) is 22.7. The lowest BCUT2D eigenvalue weighted by atomic mass is 9.61. The Morgan fingerprint density at radius 3 is 2.68 bits per heavy atom. The standard InChI is InChI=1S/C25H28N8O/c1-16-10-31(23(34)25(16,13-26)18-3-4-18)22-21-5-6-27-33(21)12-20(29-22)17-9-28-32(11-17)19-7-24(8-19)14-30(2)15-24/h5-6,9,11-12,16,18-19H,3-4,7-8,10,14-15H2,1-2H3/t16-,25+/m1/s1. The highest BCUT2D eigenvalue weighted by molar-refractivity contribution is 6.04. The Morgan fingerprint density at radius 2 is 1.97 bits per heavy atom. The summed E-state index contributed by atoms with van der Waals surface area (Å²) in [7, 11) is 2.18.